The number of anilines is 1. The SMILES string of the molecule is CC.CCOc1cc(NC=O)ccc1/C=C/C(=O)OC.Cc1c(-c2ccc(F)cn2)n(C2CCCCC2)c2ccc(C(=O)NC3(C)CCC3)cc12. The van der Waals surface area contributed by atoms with Gasteiger partial charge in [0.05, 0.1) is 31.3 Å². The largest absolute Gasteiger partial charge is 0.493 e. The zero-order valence-corrected chi connectivity index (χ0v) is 30.7. The molecule has 0 saturated heterocycles. The first kappa shape index (κ1) is 38.8. The van der Waals surface area contributed by atoms with Crippen LogP contribution in [0.3, 0.4) is 0 Å². The zero-order valence-electron chi connectivity index (χ0n) is 30.7. The Labute approximate surface area is 300 Å². The lowest BCUT2D eigenvalue weighted by molar-refractivity contribution is -0.134. The molecule has 10 heteroatoms. The second-order valence-electron chi connectivity index (χ2n) is 12.9. The third kappa shape index (κ3) is 9.62. The molecular weight excluding hydrogens is 647 g/mol. The van der Waals surface area contributed by atoms with E-state index in [1.165, 1.54) is 51.1 Å². The van der Waals surface area contributed by atoms with Crippen molar-refractivity contribution in [3.63, 3.8) is 0 Å². The van der Waals surface area contributed by atoms with E-state index >= 15 is 0 Å². The Balaban J connectivity index is 0.000000250. The Bertz CT molecular complexity index is 1820. The monoisotopic (exact) mass is 698 g/mol. The number of hydrogen-bond donors (Lipinski definition) is 2. The van der Waals surface area contributed by atoms with Gasteiger partial charge in [0.1, 0.15) is 11.6 Å². The number of rotatable bonds is 10. The van der Waals surface area contributed by atoms with Gasteiger partial charge < -0.3 is 24.7 Å². The molecule has 2 heterocycles. The number of hydrogen-bond acceptors (Lipinski definition) is 6. The Kier molecular flexibility index (Phi) is 13.9. The van der Waals surface area contributed by atoms with Gasteiger partial charge in [-0.3, -0.25) is 14.6 Å². The van der Waals surface area contributed by atoms with E-state index in [0.29, 0.717) is 36.1 Å². The van der Waals surface area contributed by atoms with Crippen molar-refractivity contribution in [2.75, 3.05) is 19.0 Å². The van der Waals surface area contributed by atoms with Crippen molar-refractivity contribution < 1.29 is 28.2 Å². The summed E-state index contributed by atoms with van der Waals surface area (Å²) in [5.41, 5.74) is 6.06. The van der Waals surface area contributed by atoms with Crippen molar-refractivity contribution in [3.8, 4) is 17.1 Å². The molecule has 4 aromatic rings. The van der Waals surface area contributed by atoms with Crippen LogP contribution in [0.25, 0.3) is 28.4 Å². The number of nitrogens with one attached hydrogen (secondary N) is 2. The number of aromatic nitrogens is 2. The average Bonchev–Trinajstić information content (AvgIpc) is 3.43. The molecule has 2 aliphatic carbocycles. The molecule has 2 amide bonds. The normalized spacial score (nSPS) is 15.0. The van der Waals surface area contributed by atoms with E-state index in [1.807, 2.05) is 32.9 Å². The van der Waals surface area contributed by atoms with E-state index in [-0.39, 0.29) is 17.3 Å². The molecule has 2 aromatic carbocycles. The topological polar surface area (TPSA) is 112 Å². The maximum Gasteiger partial charge on any atom is 0.330 e. The highest BCUT2D eigenvalue weighted by molar-refractivity contribution is 6.01. The van der Waals surface area contributed by atoms with Crippen LogP contribution in [0.2, 0.25) is 0 Å². The average molecular weight is 699 g/mol. The smallest absolute Gasteiger partial charge is 0.330 e. The summed E-state index contributed by atoms with van der Waals surface area (Å²) < 4.78 is 25.9. The fourth-order valence-electron chi connectivity index (χ4n) is 6.68. The molecule has 0 bridgehead atoms. The highest BCUT2D eigenvalue weighted by Gasteiger charge is 2.33. The van der Waals surface area contributed by atoms with Crippen molar-refractivity contribution in [1.29, 1.82) is 0 Å². The van der Waals surface area contributed by atoms with E-state index in [9.17, 15) is 18.8 Å². The predicted molar refractivity (Wildman–Crippen MR) is 201 cm³/mol. The standard InChI is InChI=1S/C26H30FN3O.C13H15NO4.C2H6/c1-17-21-15-18(25(31)29-26(2)13-6-14-26)9-12-23(21)30(20-7-4-3-5-8-20)24(17)22-11-10-19(27)16-28-22;1-3-18-12-8-11(14-9-15)6-4-10(12)5-7-13(16)17-2;1-2/h9-12,15-16,20H,3-8,13-14H2,1-2H3,(H,29,31);4-9H,3H2,1-2H3,(H,14,15);1-2H3/b;7-5+;. The van der Waals surface area contributed by atoms with Gasteiger partial charge in [0, 0.05) is 51.4 Å². The highest BCUT2D eigenvalue weighted by Crippen LogP contribution is 2.40. The summed E-state index contributed by atoms with van der Waals surface area (Å²) in [6, 6.07) is 14.8. The number of halogens is 1. The molecule has 0 aliphatic heterocycles. The molecule has 2 N–H and O–H groups in total. The van der Waals surface area contributed by atoms with Crippen LogP contribution in [0.4, 0.5) is 10.1 Å². The van der Waals surface area contributed by atoms with E-state index in [4.69, 9.17) is 4.74 Å². The third-order valence-electron chi connectivity index (χ3n) is 9.44. The Morgan fingerprint density at radius 3 is 2.39 bits per heavy atom. The maximum absolute atomic E-state index is 13.6. The van der Waals surface area contributed by atoms with Crippen molar-refractivity contribution in [2.45, 2.75) is 97.6 Å². The van der Waals surface area contributed by atoms with Crippen molar-refractivity contribution >= 4 is 41.0 Å². The van der Waals surface area contributed by atoms with Crippen LogP contribution in [-0.4, -0.2) is 47.1 Å². The number of methoxy groups -OCH3 is 1. The first-order valence-corrected chi connectivity index (χ1v) is 18.0. The van der Waals surface area contributed by atoms with Crippen LogP contribution in [0, 0.1) is 12.7 Å². The van der Waals surface area contributed by atoms with Crippen LogP contribution >= 0.6 is 0 Å². The number of ether oxygens (including phenoxy) is 2. The molecule has 2 aliphatic rings. The predicted octanol–water partition coefficient (Wildman–Crippen LogP) is 9.19. The molecule has 2 saturated carbocycles. The minimum atomic E-state index is -0.437. The van der Waals surface area contributed by atoms with Gasteiger partial charge in [-0.25, -0.2) is 9.18 Å². The van der Waals surface area contributed by atoms with E-state index < -0.39 is 5.97 Å². The summed E-state index contributed by atoms with van der Waals surface area (Å²) in [6.45, 7) is 10.6. The van der Waals surface area contributed by atoms with Crippen molar-refractivity contribution in [3.05, 3.63) is 83.3 Å². The number of benzene rings is 2. The molecule has 272 valence electrons. The number of pyridine rings is 1. The maximum atomic E-state index is 13.6. The Hall–Kier alpha value is -4.99. The molecule has 2 aromatic heterocycles. The molecule has 0 radical (unpaired) electrons. The number of carbonyl (C=O) groups is 3. The number of aryl methyl sites for hydroxylation is 1. The Morgan fingerprint density at radius 2 is 1.78 bits per heavy atom. The molecular formula is C41H51FN4O5. The number of nitrogens with zero attached hydrogens (tertiary/aromatic N) is 2. The first-order valence-electron chi connectivity index (χ1n) is 18.0. The third-order valence-corrected chi connectivity index (χ3v) is 9.44. The fourth-order valence-corrected chi connectivity index (χ4v) is 6.68. The summed E-state index contributed by atoms with van der Waals surface area (Å²) in [4.78, 5) is 38.7. The second-order valence-corrected chi connectivity index (χ2v) is 12.9. The van der Waals surface area contributed by atoms with Gasteiger partial charge in [0.2, 0.25) is 6.41 Å². The van der Waals surface area contributed by atoms with Crippen LogP contribution in [-0.2, 0) is 14.3 Å². The Morgan fingerprint density at radius 1 is 1.04 bits per heavy atom. The van der Waals surface area contributed by atoms with Crippen LogP contribution in [0.15, 0.2) is 60.8 Å². The lowest BCUT2D eigenvalue weighted by atomic mass is 9.78. The summed E-state index contributed by atoms with van der Waals surface area (Å²) in [6.07, 6.45) is 14.0. The van der Waals surface area contributed by atoms with Crippen molar-refractivity contribution in [1.82, 2.24) is 14.9 Å². The van der Waals surface area contributed by atoms with E-state index in [2.05, 4.69) is 44.8 Å². The van der Waals surface area contributed by atoms with Gasteiger partial charge in [0.15, 0.2) is 0 Å². The van der Waals surface area contributed by atoms with Gasteiger partial charge in [-0.15, -0.1) is 0 Å². The molecule has 9 nitrogen and oxygen atoms in total. The van der Waals surface area contributed by atoms with Gasteiger partial charge in [-0.2, -0.15) is 0 Å². The molecule has 51 heavy (non-hydrogen) atoms. The summed E-state index contributed by atoms with van der Waals surface area (Å²) in [5.74, 6) is -0.183. The molecule has 0 spiro atoms. The first-order chi connectivity index (χ1) is 24.7. The molecule has 2 fully saturated rings. The number of carbonyl (C=O) groups excluding carboxylic acids is 3. The van der Waals surface area contributed by atoms with Crippen LogP contribution < -0.4 is 15.4 Å². The van der Waals surface area contributed by atoms with E-state index in [0.717, 1.165) is 59.1 Å². The molecule has 0 atom stereocenters. The number of fused-ring (bicyclic) bond motifs is 1. The van der Waals surface area contributed by atoms with Crippen LogP contribution in [0.5, 0.6) is 5.75 Å². The zero-order chi connectivity index (χ0) is 37.0. The second kappa shape index (κ2) is 18.3. The summed E-state index contributed by atoms with van der Waals surface area (Å²) in [5, 5.41) is 6.83. The number of amides is 2. The van der Waals surface area contributed by atoms with Gasteiger partial charge in [0.25, 0.3) is 5.91 Å². The van der Waals surface area contributed by atoms with Gasteiger partial charge >= 0.3 is 5.97 Å². The van der Waals surface area contributed by atoms with Gasteiger partial charge in [-0.1, -0.05) is 33.1 Å². The lowest BCUT2D eigenvalue weighted by Gasteiger charge is -2.39. The molecule has 6 rings (SSSR count). The van der Waals surface area contributed by atoms with Crippen LogP contribution in [0.1, 0.15) is 107 Å². The van der Waals surface area contributed by atoms with Gasteiger partial charge in [-0.05, 0) is 107 Å². The lowest BCUT2D eigenvalue weighted by Crippen LogP contribution is -2.50. The minimum Gasteiger partial charge on any atom is -0.493 e. The van der Waals surface area contributed by atoms with E-state index in [1.54, 1.807) is 30.3 Å². The summed E-state index contributed by atoms with van der Waals surface area (Å²) >= 11 is 0. The molecule has 0 unspecified atom stereocenters. The number of esters is 1. The summed E-state index contributed by atoms with van der Waals surface area (Å²) in [7, 11) is 1.31. The quantitative estimate of drug-likeness (QED) is 0.0971. The van der Waals surface area contributed by atoms with Crippen molar-refractivity contribution in [2.24, 2.45) is 0 Å². The minimum absolute atomic E-state index is 0.00428. The highest BCUT2D eigenvalue weighted by atomic mass is 19.1. The fraction of sp³-hybridized carbons (Fsp3) is 0.415.